The van der Waals surface area contributed by atoms with Crippen molar-refractivity contribution in [2.24, 2.45) is 5.92 Å². The first-order valence-electron chi connectivity index (χ1n) is 6.84. The fraction of sp³-hybridized carbons (Fsp3) is 0.769. The van der Waals surface area contributed by atoms with Gasteiger partial charge in [0.15, 0.2) is 0 Å². The van der Waals surface area contributed by atoms with Crippen molar-refractivity contribution in [3.63, 3.8) is 0 Å². The van der Waals surface area contributed by atoms with E-state index in [4.69, 9.17) is 0 Å². The molecule has 1 fully saturated rings. The minimum atomic E-state index is -1.23. The summed E-state index contributed by atoms with van der Waals surface area (Å²) >= 11 is 0. The number of likely N-dealkylation sites (N-methyl/N-ethyl adjacent to an activating group) is 1. The zero-order valence-corrected chi connectivity index (χ0v) is 12.2. The van der Waals surface area contributed by atoms with E-state index in [1.807, 2.05) is 6.92 Å². The summed E-state index contributed by atoms with van der Waals surface area (Å²) in [6.45, 7) is 3.51. The van der Waals surface area contributed by atoms with Crippen LogP contribution in [0.15, 0.2) is 0 Å². The smallest absolute Gasteiger partial charge is 0.329 e. The summed E-state index contributed by atoms with van der Waals surface area (Å²) < 4.78 is 0. The van der Waals surface area contributed by atoms with Gasteiger partial charge >= 0.3 is 12.0 Å². The molecule has 3 unspecified atom stereocenters. The van der Waals surface area contributed by atoms with Gasteiger partial charge in [-0.1, -0.05) is 19.8 Å². The lowest BCUT2D eigenvalue weighted by Gasteiger charge is -2.37. The van der Waals surface area contributed by atoms with Crippen LogP contribution in [0.4, 0.5) is 4.79 Å². The highest BCUT2D eigenvalue weighted by Crippen LogP contribution is 2.32. The molecule has 0 bridgehead atoms. The van der Waals surface area contributed by atoms with Gasteiger partial charge < -0.3 is 21.1 Å². The van der Waals surface area contributed by atoms with E-state index in [2.05, 4.69) is 16.0 Å². The summed E-state index contributed by atoms with van der Waals surface area (Å²) in [4.78, 5) is 34.7. The summed E-state index contributed by atoms with van der Waals surface area (Å²) in [5.74, 6) is -1.11. The number of carboxylic acids is 1. The van der Waals surface area contributed by atoms with Crippen LogP contribution in [-0.2, 0) is 9.59 Å². The molecule has 0 aliphatic heterocycles. The number of amides is 3. The molecule has 7 nitrogen and oxygen atoms in total. The predicted molar refractivity (Wildman–Crippen MR) is 73.2 cm³/mol. The zero-order valence-electron chi connectivity index (χ0n) is 12.2. The standard InChI is InChI=1S/C13H23N3O4/c1-8-5-4-6-13(7-8,11(18)19)16-12(20)15-9(2)10(17)14-3/h8-9H,4-7H2,1-3H3,(H,14,17)(H,18,19)(H2,15,16,20). The van der Waals surface area contributed by atoms with Gasteiger partial charge in [-0.05, 0) is 25.7 Å². The molecule has 0 spiro atoms. The SMILES string of the molecule is CNC(=O)C(C)NC(=O)NC1(C(=O)O)CCCC(C)C1. The Morgan fingerprint density at radius 3 is 2.50 bits per heavy atom. The number of aliphatic carboxylic acids is 1. The van der Waals surface area contributed by atoms with E-state index < -0.39 is 23.6 Å². The van der Waals surface area contributed by atoms with Crippen LogP contribution in [0.5, 0.6) is 0 Å². The van der Waals surface area contributed by atoms with E-state index in [-0.39, 0.29) is 11.8 Å². The largest absolute Gasteiger partial charge is 0.480 e. The van der Waals surface area contributed by atoms with Crippen molar-refractivity contribution in [3.05, 3.63) is 0 Å². The van der Waals surface area contributed by atoms with Crippen LogP contribution < -0.4 is 16.0 Å². The van der Waals surface area contributed by atoms with Crippen molar-refractivity contribution in [1.29, 1.82) is 0 Å². The summed E-state index contributed by atoms with van der Waals surface area (Å²) in [7, 11) is 1.47. The molecule has 3 amide bonds. The van der Waals surface area contributed by atoms with Gasteiger partial charge in [-0.25, -0.2) is 9.59 Å². The van der Waals surface area contributed by atoms with Gasteiger partial charge in [-0.15, -0.1) is 0 Å². The maximum atomic E-state index is 11.9. The Morgan fingerprint density at radius 2 is 2.00 bits per heavy atom. The van der Waals surface area contributed by atoms with Crippen LogP contribution in [0.2, 0.25) is 0 Å². The molecule has 0 aromatic heterocycles. The minimum Gasteiger partial charge on any atom is -0.480 e. The van der Waals surface area contributed by atoms with Crippen LogP contribution in [-0.4, -0.2) is 41.6 Å². The Kier molecular flexibility index (Phi) is 5.35. The number of carbonyl (C=O) groups excluding carboxylic acids is 2. The topological polar surface area (TPSA) is 108 Å². The molecule has 0 aromatic carbocycles. The van der Waals surface area contributed by atoms with Crippen LogP contribution in [0.1, 0.15) is 39.5 Å². The lowest BCUT2D eigenvalue weighted by molar-refractivity contribution is -0.146. The quantitative estimate of drug-likeness (QED) is 0.601. The maximum Gasteiger partial charge on any atom is 0.329 e. The molecular formula is C13H23N3O4. The molecule has 1 aliphatic carbocycles. The Morgan fingerprint density at radius 1 is 1.35 bits per heavy atom. The molecule has 114 valence electrons. The Labute approximate surface area is 118 Å². The first-order chi connectivity index (χ1) is 9.30. The van der Waals surface area contributed by atoms with Crippen molar-refractivity contribution >= 4 is 17.9 Å². The number of carboxylic acid groups (broad SMARTS) is 1. The summed E-state index contributed by atoms with van der Waals surface area (Å²) in [5.41, 5.74) is -1.23. The third-order valence-electron chi connectivity index (χ3n) is 3.75. The third-order valence-corrected chi connectivity index (χ3v) is 3.75. The fourth-order valence-electron chi connectivity index (χ4n) is 2.64. The van der Waals surface area contributed by atoms with Crippen molar-refractivity contribution in [2.75, 3.05) is 7.05 Å². The minimum absolute atomic E-state index is 0.247. The number of rotatable bonds is 4. The summed E-state index contributed by atoms with van der Waals surface area (Å²) in [6.07, 6.45) is 2.55. The van der Waals surface area contributed by atoms with Crippen molar-refractivity contribution in [1.82, 2.24) is 16.0 Å². The molecule has 0 saturated heterocycles. The second kappa shape index (κ2) is 6.58. The number of carbonyl (C=O) groups is 3. The van der Waals surface area contributed by atoms with Crippen LogP contribution in [0.25, 0.3) is 0 Å². The van der Waals surface area contributed by atoms with E-state index in [9.17, 15) is 19.5 Å². The molecule has 1 saturated carbocycles. The van der Waals surface area contributed by atoms with Gasteiger partial charge in [0.1, 0.15) is 11.6 Å². The first kappa shape index (κ1) is 16.3. The van der Waals surface area contributed by atoms with E-state index in [1.54, 1.807) is 0 Å². The van der Waals surface area contributed by atoms with Crippen LogP contribution in [0.3, 0.4) is 0 Å². The van der Waals surface area contributed by atoms with E-state index in [0.29, 0.717) is 12.8 Å². The predicted octanol–water partition coefficient (Wildman–Crippen LogP) is 0.454. The van der Waals surface area contributed by atoms with E-state index in [1.165, 1.54) is 14.0 Å². The van der Waals surface area contributed by atoms with Crippen LogP contribution in [0, 0.1) is 5.92 Å². The zero-order chi connectivity index (χ0) is 15.3. The number of nitrogens with one attached hydrogen (secondary N) is 3. The second-order valence-electron chi connectivity index (χ2n) is 5.52. The van der Waals surface area contributed by atoms with Gasteiger partial charge in [-0.3, -0.25) is 4.79 Å². The monoisotopic (exact) mass is 285 g/mol. The Hall–Kier alpha value is -1.79. The highest BCUT2D eigenvalue weighted by atomic mass is 16.4. The normalized spacial score (nSPS) is 27.2. The summed E-state index contributed by atoms with van der Waals surface area (Å²) in [6, 6.07) is -1.34. The molecule has 20 heavy (non-hydrogen) atoms. The van der Waals surface area contributed by atoms with Gasteiger partial charge in [-0.2, -0.15) is 0 Å². The lowest BCUT2D eigenvalue weighted by Crippen LogP contribution is -2.60. The molecule has 3 atom stereocenters. The molecule has 7 heteroatoms. The highest BCUT2D eigenvalue weighted by molar-refractivity contribution is 5.90. The fourth-order valence-corrected chi connectivity index (χ4v) is 2.64. The number of urea groups is 1. The van der Waals surface area contributed by atoms with Crippen molar-refractivity contribution < 1.29 is 19.5 Å². The molecule has 1 rings (SSSR count). The van der Waals surface area contributed by atoms with Crippen LogP contribution >= 0.6 is 0 Å². The van der Waals surface area contributed by atoms with Gasteiger partial charge in [0.05, 0.1) is 0 Å². The lowest BCUT2D eigenvalue weighted by atomic mass is 9.76. The molecule has 0 aromatic rings. The average molecular weight is 285 g/mol. The number of hydrogen-bond acceptors (Lipinski definition) is 3. The van der Waals surface area contributed by atoms with Gasteiger partial charge in [0.2, 0.25) is 5.91 Å². The van der Waals surface area contributed by atoms with E-state index >= 15 is 0 Å². The van der Waals surface area contributed by atoms with Gasteiger partial charge in [0.25, 0.3) is 0 Å². The third kappa shape index (κ3) is 3.85. The first-order valence-corrected chi connectivity index (χ1v) is 6.84. The molecule has 0 heterocycles. The van der Waals surface area contributed by atoms with Crippen molar-refractivity contribution in [2.45, 2.75) is 51.1 Å². The Bertz CT molecular complexity index is 399. The molecule has 1 aliphatic rings. The maximum absolute atomic E-state index is 11.9. The molecular weight excluding hydrogens is 262 g/mol. The second-order valence-corrected chi connectivity index (χ2v) is 5.52. The summed E-state index contributed by atoms with van der Waals surface area (Å²) in [5, 5.41) is 16.8. The average Bonchev–Trinajstić information content (AvgIpc) is 2.37. The highest BCUT2D eigenvalue weighted by Gasteiger charge is 2.43. The Balaban J connectivity index is 2.69. The molecule has 0 radical (unpaired) electrons. The van der Waals surface area contributed by atoms with E-state index in [0.717, 1.165) is 12.8 Å². The molecule has 4 N–H and O–H groups in total. The van der Waals surface area contributed by atoms with Gasteiger partial charge in [0, 0.05) is 7.05 Å². The number of hydrogen-bond donors (Lipinski definition) is 4. The van der Waals surface area contributed by atoms with Crippen molar-refractivity contribution in [3.8, 4) is 0 Å².